The fraction of sp³-hybridized carbons (Fsp3) is 0.583. The van der Waals surface area contributed by atoms with Crippen LogP contribution in [0.1, 0.15) is 11.3 Å². The first kappa shape index (κ1) is 14.1. The van der Waals surface area contributed by atoms with Gasteiger partial charge in [-0.15, -0.1) is 0 Å². The van der Waals surface area contributed by atoms with Gasteiger partial charge < -0.3 is 14.7 Å². The lowest BCUT2D eigenvalue weighted by Gasteiger charge is -2.18. The smallest absolute Gasteiger partial charge is 0.394 e. The van der Waals surface area contributed by atoms with Crippen LogP contribution in [0.5, 0.6) is 0 Å². The second-order valence-corrected chi connectivity index (χ2v) is 5.13. The number of halogens is 3. The highest BCUT2D eigenvalue weighted by atomic mass is 19.4. The fourth-order valence-electron chi connectivity index (χ4n) is 2.64. The summed E-state index contributed by atoms with van der Waals surface area (Å²) in [4.78, 5) is 20.5. The van der Waals surface area contributed by atoms with E-state index in [0.717, 1.165) is 5.56 Å². The Kier molecular flexibility index (Phi) is 3.23. The largest absolute Gasteiger partial charge is 0.481 e. The summed E-state index contributed by atoms with van der Waals surface area (Å²) in [7, 11) is 0. The number of aliphatic carboxylic acids is 1. The van der Waals surface area contributed by atoms with Crippen LogP contribution in [0.2, 0.25) is 0 Å². The third kappa shape index (κ3) is 2.53. The predicted octanol–water partition coefficient (Wildman–Crippen LogP) is 1.21. The summed E-state index contributed by atoms with van der Waals surface area (Å²) in [6.45, 7) is -0.0123. The van der Waals surface area contributed by atoms with E-state index in [4.69, 9.17) is 9.84 Å². The Balaban J connectivity index is 1.86. The van der Waals surface area contributed by atoms with Gasteiger partial charge in [-0.3, -0.25) is 4.79 Å². The van der Waals surface area contributed by atoms with E-state index in [1.807, 2.05) is 0 Å². The number of alkyl halides is 3. The zero-order valence-corrected chi connectivity index (χ0v) is 10.8. The molecule has 0 aromatic carbocycles. The third-order valence-corrected chi connectivity index (χ3v) is 3.78. The van der Waals surface area contributed by atoms with E-state index in [1.165, 1.54) is 11.1 Å². The Morgan fingerprint density at radius 3 is 2.76 bits per heavy atom. The van der Waals surface area contributed by atoms with Crippen molar-refractivity contribution in [2.45, 2.75) is 19.4 Å². The van der Waals surface area contributed by atoms with E-state index in [9.17, 15) is 18.0 Å². The molecule has 0 radical (unpaired) electrons. The van der Waals surface area contributed by atoms with Crippen LogP contribution in [-0.2, 0) is 22.7 Å². The third-order valence-electron chi connectivity index (χ3n) is 3.78. The molecule has 1 aromatic heterocycles. The van der Waals surface area contributed by atoms with Gasteiger partial charge in [0.15, 0.2) is 0 Å². The molecule has 114 valence electrons. The van der Waals surface area contributed by atoms with Crippen LogP contribution >= 0.6 is 0 Å². The number of hydrogen-bond donors (Lipinski definition) is 1. The van der Waals surface area contributed by atoms with Crippen LogP contribution in [0.15, 0.2) is 6.20 Å². The summed E-state index contributed by atoms with van der Waals surface area (Å²) < 4.78 is 44.0. The molecule has 1 saturated heterocycles. The van der Waals surface area contributed by atoms with Crippen LogP contribution in [-0.4, -0.2) is 40.3 Å². The predicted molar refractivity (Wildman–Crippen MR) is 63.4 cm³/mol. The van der Waals surface area contributed by atoms with Crippen molar-refractivity contribution in [1.29, 1.82) is 0 Å². The van der Waals surface area contributed by atoms with Gasteiger partial charge in [-0.1, -0.05) is 0 Å². The van der Waals surface area contributed by atoms with Crippen molar-refractivity contribution < 1.29 is 27.8 Å². The van der Waals surface area contributed by atoms with Crippen molar-refractivity contribution in [1.82, 2.24) is 9.97 Å². The standard InChI is InChI=1S/C12H12F3N3O3/c13-12(14,15)8-3-18(2-7(8)10(19)20)11-16-1-6-4-21-5-9(6)17-11/h1,7-8H,2-5H2,(H,19,20)/t7-,8-/m1/s1. The molecule has 0 aliphatic carbocycles. The molecule has 6 nitrogen and oxygen atoms in total. The summed E-state index contributed by atoms with van der Waals surface area (Å²) in [5.41, 5.74) is 1.45. The molecule has 0 unspecified atom stereocenters. The monoisotopic (exact) mass is 303 g/mol. The van der Waals surface area contributed by atoms with Crippen LogP contribution in [0.25, 0.3) is 0 Å². The van der Waals surface area contributed by atoms with Crippen LogP contribution in [0.4, 0.5) is 19.1 Å². The zero-order valence-electron chi connectivity index (χ0n) is 10.8. The molecule has 0 saturated carbocycles. The Bertz CT molecular complexity index is 579. The van der Waals surface area contributed by atoms with E-state index in [2.05, 4.69) is 9.97 Å². The normalized spacial score (nSPS) is 25.2. The molecule has 3 heterocycles. The maximum absolute atomic E-state index is 12.9. The van der Waals surface area contributed by atoms with Crippen molar-refractivity contribution in [2.75, 3.05) is 18.0 Å². The number of ether oxygens (including phenoxy) is 1. The van der Waals surface area contributed by atoms with E-state index >= 15 is 0 Å². The molecule has 1 N–H and O–H groups in total. The van der Waals surface area contributed by atoms with Gasteiger partial charge in [0.25, 0.3) is 0 Å². The zero-order chi connectivity index (χ0) is 15.2. The first-order chi connectivity index (χ1) is 9.86. The molecule has 2 aliphatic heterocycles. The molecule has 0 bridgehead atoms. The van der Waals surface area contributed by atoms with E-state index in [-0.39, 0.29) is 12.5 Å². The Morgan fingerprint density at radius 2 is 2.14 bits per heavy atom. The first-order valence-corrected chi connectivity index (χ1v) is 6.33. The molecule has 9 heteroatoms. The maximum Gasteiger partial charge on any atom is 0.394 e. The SMILES string of the molecule is O=C(O)[C@@H]1CN(c2ncc3c(n2)COC3)C[C@H]1C(F)(F)F. The number of rotatable bonds is 2. The van der Waals surface area contributed by atoms with E-state index in [0.29, 0.717) is 18.9 Å². The van der Waals surface area contributed by atoms with Crippen LogP contribution < -0.4 is 4.90 Å². The van der Waals surface area contributed by atoms with Gasteiger partial charge in [-0.25, -0.2) is 9.97 Å². The fourth-order valence-corrected chi connectivity index (χ4v) is 2.64. The van der Waals surface area contributed by atoms with E-state index in [1.54, 1.807) is 0 Å². The molecule has 0 amide bonds. The molecule has 2 atom stereocenters. The number of carboxylic acid groups (broad SMARTS) is 1. The van der Waals surface area contributed by atoms with Gasteiger partial charge in [0.1, 0.15) is 0 Å². The molecule has 3 rings (SSSR count). The van der Waals surface area contributed by atoms with Gasteiger partial charge in [0, 0.05) is 24.8 Å². The summed E-state index contributed by atoms with van der Waals surface area (Å²) >= 11 is 0. The van der Waals surface area contributed by atoms with Crippen LogP contribution in [0, 0.1) is 11.8 Å². The van der Waals surface area contributed by atoms with Gasteiger partial charge in [0.05, 0.1) is 30.7 Å². The number of carboxylic acids is 1. The number of carbonyl (C=O) groups is 1. The lowest BCUT2D eigenvalue weighted by atomic mass is 9.96. The van der Waals surface area contributed by atoms with Crippen molar-refractivity contribution in [3.8, 4) is 0 Å². The average molecular weight is 303 g/mol. The summed E-state index contributed by atoms with van der Waals surface area (Å²) in [6, 6.07) is 0. The summed E-state index contributed by atoms with van der Waals surface area (Å²) in [5, 5.41) is 8.98. The minimum atomic E-state index is -4.56. The molecule has 1 fully saturated rings. The number of anilines is 1. The maximum atomic E-state index is 12.9. The summed E-state index contributed by atoms with van der Waals surface area (Å²) in [6.07, 6.45) is -3.04. The molecular formula is C12H12F3N3O3. The summed E-state index contributed by atoms with van der Waals surface area (Å²) in [5.74, 6) is -4.75. The minimum absolute atomic E-state index is 0.122. The highest BCUT2D eigenvalue weighted by Crippen LogP contribution is 2.38. The topological polar surface area (TPSA) is 75.5 Å². The lowest BCUT2D eigenvalue weighted by Crippen LogP contribution is -2.33. The van der Waals surface area contributed by atoms with Gasteiger partial charge >= 0.3 is 12.1 Å². The minimum Gasteiger partial charge on any atom is -0.481 e. The molecule has 21 heavy (non-hydrogen) atoms. The molecule has 1 aromatic rings. The highest BCUT2D eigenvalue weighted by Gasteiger charge is 2.53. The van der Waals surface area contributed by atoms with Gasteiger partial charge in [-0.05, 0) is 0 Å². The van der Waals surface area contributed by atoms with Crippen molar-refractivity contribution in [3.63, 3.8) is 0 Å². The second-order valence-electron chi connectivity index (χ2n) is 5.13. The highest BCUT2D eigenvalue weighted by molar-refractivity contribution is 5.72. The number of hydrogen-bond acceptors (Lipinski definition) is 5. The van der Waals surface area contributed by atoms with Crippen molar-refractivity contribution in [3.05, 3.63) is 17.5 Å². The quantitative estimate of drug-likeness (QED) is 0.885. The Hall–Kier alpha value is -1.90. The average Bonchev–Trinajstić information content (AvgIpc) is 3.03. The Morgan fingerprint density at radius 1 is 1.38 bits per heavy atom. The lowest BCUT2D eigenvalue weighted by molar-refractivity contribution is -0.187. The molecule has 0 spiro atoms. The number of fused-ring (bicyclic) bond motifs is 1. The molecular weight excluding hydrogens is 291 g/mol. The number of aromatic nitrogens is 2. The van der Waals surface area contributed by atoms with E-state index < -0.39 is 30.5 Å². The van der Waals surface area contributed by atoms with Crippen molar-refractivity contribution >= 4 is 11.9 Å². The first-order valence-electron chi connectivity index (χ1n) is 6.33. The Labute approximate surface area is 117 Å². The second kappa shape index (κ2) is 4.83. The van der Waals surface area contributed by atoms with Crippen LogP contribution in [0.3, 0.4) is 0 Å². The molecule has 2 aliphatic rings. The van der Waals surface area contributed by atoms with Gasteiger partial charge in [0.2, 0.25) is 5.95 Å². The van der Waals surface area contributed by atoms with Gasteiger partial charge in [-0.2, -0.15) is 13.2 Å². The number of nitrogens with zero attached hydrogens (tertiary/aromatic N) is 3. The van der Waals surface area contributed by atoms with Crippen molar-refractivity contribution in [2.24, 2.45) is 11.8 Å².